The average molecular weight is 495 g/mol. The van der Waals surface area contributed by atoms with E-state index in [2.05, 4.69) is 15.0 Å². The second kappa shape index (κ2) is 8.81. The van der Waals surface area contributed by atoms with Crippen molar-refractivity contribution in [3.8, 4) is 0 Å². The number of aromatic nitrogens is 2. The Bertz CT molecular complexity index is 1500. The summed E-state index contributed by atoms with van der Waals surface area (Å²) < 4.78 is 30.5. The number of sulfonamides is 1. The van der Waals surface area contributed by atoms with E-state index in [9.17, 15) is 13.2 Å². The Morgan fingerprint density at radius 2 is 1.76 bits per heavy atom. The fraction of sp³-hybridized carbons (Fsp3) is 0.0435. The van der Waals surface area contributed by atoms with E-state index in [1.165, 1.54) is 29.7 Å². The molecule has 0 unspecified atom stereocenters. The molecule has 0 aliphatic heterocycles. The predicted octanol–water partition coefficient (Wildman–Crippen LogP) is 5.26. The lowest BCUT2D eigenvalue weighted by atomic mass is 10.2. The zero-order valence-corrected chi connectivity index (χ0v) is 19.6. The summed E-state index contributed by atoms with van der Waals surface area (Å²) in [6.45, 7) is 0.573. The number of hydrogen-bond acceptors (Lipinski definition) is 6. The van der Waals surface area contributed by atoms with Crippen molar-refractivity contribution >= 4 is 59.6 Å². The van der Waals surface area contributed by atoms with Crippen LogP contribution in [0.4, 0.5) is 10.8 Å². The summed E-state index contributed by atoms with van der Waals surface area (Å²) in [5.41, 5.74) is 3.15. The number of amides is 1. The number of nitrogens with zero attached hydrogens (tertiary/aromatic N) is 2. The summed E-state index contributed by atoms with van der Waals surface area (Å²) in [5, 5.41) is 6.87. The molecular formula is C23H18N4O3S3. The van der Waals surface area contributed by atoms with Gasteiger partial charge in [0.1, 0.15) is 5.69 Å². The van der Waals surface area contributed by atoms with Crippen LogP contribution in [0, 0.1) is 0 Å². The molecule has 0 saturated heterocycles. The second-order valence-electron chi connectivity index (χ2n) is 7.19. The molecule has 1 amide bonds. The largest absolute Gasteiger partial charge is 0.331 e. The van der Waals surface area contributed by atoms with E-state index in [0.717, 1.165) is 15.8 Å². The third-order valence-corrected chi connectivity index (χ3v) is 8.04. The summed E-state index contributed by atoms with van der Waals surface area (Å²) in [5.74, 6) is -0.258. The van der Waals surface area contributed by atoms with Gasteiger partial charge < -0.3 is 9.88 Å². The van der Waals surface area contributed by atoms with Crippen LogP contribution in [-0.4, -0.2) is 23.9 Å². The summed E-state index contributed by atoms with van der Waals surface area (Å²) in [4.78, 5) is 17.1. The SMILES string of the molecule is O=C(Nc1ccc(S(=O)(=O)Nc2nccs2)cc1)c1cc2sccc2n1Cc1ccccc1. The van der Waals surface area contributed by atoms with Crippen LogP contribution in [0.25, 0.3) is 10.2 Å². The fourth-order valence-electron chi connectivity index (χ4n) is 3.46. The van der Waals surface area contributed by atoms with Gasteiger partial charge in [0.2, 0.25) is 0 Å². The molecule has 3 aromatic heterocycles. The highest BCUT2D eigenvalue weighted by atomic mass is 32.2. The van der Waals surface area contributed by atoms with Gasteiger partial charge in [0.05, 0.1) is 15.1 Å². The number of thiophene rings is 1. The van der Waals surface area contributed by atoms with Gasteiger partial charge in [-0.15, -0.1) is 22.7 Å². The first kappa shape index (κ1) is 21.4. The standard InChI is InChI=1S/C23H18N4O3S3/c28-22(20-14-21-19(10-12-31-21)27(20)15-16-4-2-1-3-5-16)25-17-6-8-18(9-7-17)33(29,30)26-23-24-11-13-32-23/h1-14H,15H2,(H,24,26)(H,25,28). The van der Waals surface area contributed by atoms with E-state index in [-0.39, 0.29) is 10.8 Å². The molecule has 3 heterocycles. The molecule has 166 valence electrons. The van der Waals surface area contributed by atoms with E-state index in [0.29, 0.717) is 23.1 Å². The third kappa shape index (κ3) is 4.54. The van der Waals surface area contributed by atoms with Crippen LogP contribution in [-0.2, 0) is 16.6 Å². The number of fused-ring (bicyclic) bond motifs is 1. The Balaban J connectivity index is 1.37. The highest BCUT2D eigenvalue weighted by molar-refractivity contribution is 7.93. The van der Waals surface area contributed by atoms with Gasteiger partial charge in [-0.2, -0.15) is 0 Å². The number of nitrogens with one attached hydrogen (secondary N) is 2. The van der Waals surface area contributed by atoms with Gasteiger partial charge in [-0.3, -0.25) is 9.52 Å². The zero-order chi connectivity index (χ0) is 22.8. The van der Waals surface area contributed by atoms with E-state index in [1.54, 1.807) is 28.8 Å². The van der Waals surface area contributed by atoms with Gasteiger partial charge in [0, 0.05) is 23.8 Å². The normalized spacial score (nSPS) is 11.5. The van der Waals surface area contributed by atoms with Crippen LogP contribution >= 0.6 is 22.7 Å². The van der Waals surface area contributed by atoms with Crippen molar-refractivity contribution < 1.29 is 13.2 Å². The number of carbonyl (C=O) groups excluding carboxylic acids is 1. The van der Waals surface area contributed by atoms with Crippen LogP contribution in [0.1, 0.15) is 16.1 Å². The molecule has 5 rings (SSSR count). The molecule has 10 heteroatoms. The van der Waals surface area contributed by atoms with E-state index < -0.39 is 10.0 Å². The average Bonchev–Trinajstić information content (AvgIpc) is 3.54. The highest BCUT2D eigenvalue weighted by Crippen LogP contribution is 2.27. The minimum atomic E-state index is -3.75. The van der Waals surface area contributed by atoms with Crippen molar-refractivity contribution in [3.63, 3.8) is 0 Å². The van der Waals surface area contributed by atoms with Crippen molar-refractivity contribution in [2.75, 3.05) is 10.0 Å². The predicted molar refractivity (Wildman–Crippen MR) is 133 cm³/mol. The van der Waals surface area contributed by atoms with Crippen molar-refractivity contribution in [1.82, 2.24) is 9.55 Å². The number of anilines is 2. The number of thiazole rings is 1. The lowest BCUT2D eigenvalue weighted by Gasteiger charge is -2.12. The van der Waals surface area contributed by atoms with Crippen molar-refractivity contribution in [1.29, 1.82) is 0 Å². The zero-order valence-electron chi connectivity index (χ0n) is 17.1. The van der Waals surface area contributed by atoms with Crippen LogP contribution in [0.15, 0.2) is 88.6 Å². The maximum Gasteiger partial charge on any atom is 0.272 e. The Labute approximate surface area is 198 Å². The van der Waals surface area contributed by atoms with Gasteiger partial charge >= 0.3 is 0 Å². The van der Waals surface area contributed by atoms with Crippen LogP contribution < -0.4 is 10.0 Å². The molecule has 0 radical (unpaired) electrons. The number of rotatable bonds is 7. The van der Waals surface area contributed by atoms with Crippen LogP contribution in [0.5, 0.6) is 0 Å². The van der Waals surface area contributed by atoms with E-state index in [4.69, 9.17) is 0 Å². The van der Waals surface area contributed by atoms with E-state index >= 15 is 0 Å². The molecule has 0 fully saturated rings. The van der Waals surface area contributed by atoms with Crippen molar-refractivity contribution in [3.05, 3.63) is 94.9 Å². The molecule has 0 aliphatic rings. The fourth-order valence-corrected chi connectivity index (χ4v) is 6.07. The smallest absolute Gasteiger partial charge is 0.272 e. The quantitative estimate of drug-likeness (QED) is 0.323. The first-order chi connectivity index (χ1) is 16.0. The summed E-state index contributed by atoms with van der Waals surface area (Å²) in [6.07, 6.45) is 1.53. The van der Waals surface area contributed by atoms with Gasteiger partial charge in [-0.25, -0.2) is 13.4 Å². The van der Waals surface area contributed by atoms with Crippen LogP contribution in [0.3, 0.4) is 0 Å². The lowest BCUT2D eigenvalue weighted by Crippen LogP contribution is -2.18. The molecule has 2 N–H and O–H groups in total. The third-order valence-electron chi connectivity index (χ3n) is 5.02. The van der Waals surface area contributed by atoms with Gasteiger partial charge in [0.15, 0.2) is 5.13 Å². The Morgan fingerprint density at radius 1 is 0.970 bits per heavy atom. The molecule has 0 atom stereocenters. The maximum atomic E-state index is 13.1. The first-order valence-electron chi connectivity index (χ1n) is 9.94. The molecule has 0 spiro atoms. The number of benzene rings is 2. The summed E-state index contributed by atoms with van der Waals surface area (Å²) >= 11 is 2.78. The molecule has 0 saturated carbocycles. The molecule has 5 aromatic rings. The molecule has 0 aliphatic carbocycles. The van der Waals surface area contributed by atoms with Gasteiger partial charge in [-0.1, -0.05) is 30.3 Å². The summed E-state index contributed by atoms with van der Waals surface area (Å²) in [7, 11) is -3.75. The van der Waals surface area contributed by atoms with Crippen molar-refractivity contribution in [2.24, 2.45) is 0 Å². The molecule has 7 nitrogen and oxygen atoms in total. The molecule has 0 bridgehead atoms. The minimum Gasteiger partial charge on any atom is -0.331 e. The van der Waals surface area contributed by atoms with E-state index in [1.807, 2.05) is 52.4 Å². The van der Waals surface area contributed by atoms with Crippen molar-refractivity contribution in [2.45, 2.75) is 11.4 Å². The second-order valence-corrected chi connectivity index (χ2v) is 10.7. The van der Waals surface area contributed by atoms with Crippen LogP contribution in [0.2, 0.25) is 0 Å². The monoisotopic (exact) mass is 494 g/mol. The maximum absolute atomic E-state index is 13.1. The molecule has 2 aromatic carbocycles. The minimum absolute atomic E-state index is 0.0867. The topological polar surface area (TPSA) is 93.1 Å². The van der Waals surface area contributed by atoms with Gasteiger partial charge in [0.25, 0.3) is 15.9 Å². The number of carbonyl (C=O) groups is 1. The summed E-state index contributed by atoms with van der Waals surface area (Å²) in [6, 6.07) is 19.9. The van der Waals surface area contributed by atoms with Gasteiger partial charge in [-0.05, 0) is 47.3 Å². The number of hydrogen-bond donors (Lipinski definition) is 2. The Morgan fingerprint density at radius 3 is 2.48 bits per heavy atom. The Hall–Kier alpha value is -3.47. The lowest BCUT2D eigenvalue weighted by molar-refractivity contribution is 0.101. The first-order valence-corrected chi connectivity index (χ1v) is 13.2. The molecule has 33 heavy (non-hydrogen) atoms. The highest BCUT2D eigenvalue weighted by Gasteiger charge is 2.18. The Kier molecular flexibility index (Phi) is 5.71. The molecular weight excluding hydrogens is 476 g/mol.